The fourth-order valence-corrected chi connectivity index (χ4v) is 8.04. The third-order valence-electron chi connectivity index (χ3n) is 9.73. The van der Waals surface area contributed by atoms with Gasteiger partial charge in [-0.3, -0.25) is 19.4 Å². The average molecular weight is 584 g/mol. The highest BCUT2D eigenvalue weighted by molar-refractivity contribution is 5.67. The number of rotatable bonds is 5. The lowest BCUT2D eigenvalue weighted by molar-refractivity contribution is -0.270. The molecule has 11 heteroatoms. The molecule has 3 unspecified atom stereocenters. The minimum Gasteiger partial charge on any atom is -0.482 e. The Morgan fingerprint density at radius 3 is 2.38 bits per heavy atom. The topological polar surface area (TPSA) is 151 Å². The molecule has 0 saturated heterocycles. The first-order valence-corrected chi connectivity index (χ1v) is 14.1. The SMILES string of the molecule is CC(=O)OC[C@@]1(C)C2C[C@H](OC(C)=O)[C@@]3(C)Oc4cc(-c5cccnc5)oc(=O)c4C(O)C3[C@@]2(C)CC[C@@H]1OC(C)=O. The Kier molecular flexibility index (Phi) is 7.45. The summed E-state index contributed by atoms with van der Waals surface area (Å²) in [4.78, 5) is 54.0. The molecular weight excluding hydrogens is 546 g/mol. The van der Waals surface area contributed by atoms with E-state index in [2.05, 4.69) is 4.98 Å². The average Bonchev–Trinajstić information content (AvgIpc) is 2.90. The van der Waals surface area contributed by atoms with Gasteiger partial charge in [-0.2, -0.15) is 0 Å². The standard InChI is InChI=1S/C31H37NO10/c1-16(33)38-15-30(5)22-13-24(40-18(3)35)31(6)27(29(22,4)10-9-23(30)39-17(2)34)26(36)25-21(42-31)12-20(41-28(25)37)19-8-7-11-32-14-19/h7-8,11-12,14,22-24,26-27,36H,9-10,13,15H2,1-6H3/t22?,23-,24-,26?,27?,29-,30-,31+/m0/s1. The van der Waals surface area contributed by atoms with Crippen LogP contribution in [0.1, 0.15) is 72.5 Å². The normalized spacial score (nSPS) is 35.0. The van der Waals surface area contributed by atoms with E-state index in [4.69, 9.17) is 23.4 Å². The van der Waals surface area contributed by atoms with Crippen molar-refractivity contribution in [3.05, 3.63) is 46.6 Å². The predicted octanol–water partition coefficient (Wildman–Crippen LogP) is 3.76. The first-order chi connectivity index (χ1) is 19.7. The van der Waals surface area contributed by atoms with E-state index in [1.54, 1.807) is 37.5 Å². The van der Waals surface area contributed by atoms with Crippen molar-refractivity contribution in [1.82, 2.24) is 4.98 Å². The van der Waals surface area contributed by atoms with Crippen LogP contribution in [-0.4, -0.2) is 52.4 Å². The number of nitrogens with zero attached hydrogens (tertiary/aromatic N) is 1. The zero-order valence-electron chi connectivity index (χ0n) is 24.7. The minimum atomic E-state index is -1.34. The molecule has 2 saturated carbocycles. The first-order valence-electron chi connectivity index (χ1n) is 14.1. The van der Waals surface area contributed by atoms with E-state index < -0.39 is 64.2 Å². The lowest BCUT2D eigenvalue weighted by Crippen LogP contribution is -2.71. The highest BCUT2D eigenvalue weighted by atomic mass is 16.6. The van der Waals surface area contributed by atoms with Gasteiger partial charge in [-0.1, -0.05) is 13.8 Å². The molecule has 0 radical (unpaired) electrons. The number of ether oxygens (including phenoxy) is 4. The van der Waals surface area contributed by atoms with E-state index in [1.807, 2.05) is 13.8 Å². The number of carbonyl (C=O) groups excluding carboxylic acids is 3. The van der Waals surface area contributed by atoms with Crippen LogP contribution in [0.3, 0.4) is 0 Å². The second-order valence-corrected chi connectivity index (χ2v) is 12.4. The second-order valence-electron chi connectivity index (χ2n) is 12.4. The molecule has 0 amide bonds. The lowest BCUT2D eigenvalue weighted by Gasteiger charge is -2.66. The van der Waals surface area contributed by atoms with Crippen LogP contribution < -0.4 is 10.4 Å². The quantitative estimate of drug-likeness (QED) is 0.405. The number of carbonyl (C=O) groups is 3. The van der Waals surface area contributed by atoms with Gasteiger partial charge in [0.2, 0.25) is 0 Å². The molecular formula is C31H37NO10. The molecule has 11 nitrogen and oxygen atoms in total. The Morgan fingerprint density at radius 2 is 1.76 bits per heavy atom. The molecule has 2 fully saturated rings. The van der Waals surface area contributed by atoms with Gasteiger partial charge in [0.25, 0.3) is 0 Å². The van der Waals surface area contributed by atoms with Crippen LogP contribution in [-0.2, 0) is 28.6 Å². The molecule has 2 aromatic rings. The molecule has 3 aliphatic rings. The number of aromatic nitrogens is 1. The van der Waals surface area contributed by atoms with Gasteiger partial charge >= 0.3 is 23.5 Å². The van der Waals surface area contributed by atoms with Gasteiger partial charge < -0.3 is 28.5 Å². The fourth-order valence-electron chi connectivity index (χ4n) is 8.04. The van der Waals surface area contributed by atoms with Crippen molar-refractivity contribution in [3.63, 3.8) is 0 Å². The molecule has 0 spiro atoms. The first kappa shape index (κ1) is 29.8. The van der Waals surface area contributed by atoms with Crippen molar-refractivity contribution in [2.75, 3.05) is 6.61 Å². The van der Waals surface area contributed by atoms with Crippen molar-refractivity contribution in [1.29, 1.82) is 0 Å². The Labute approximate surface area is 243 Å². The molecule has 2 aromatic heterocycles. The van der Waals surface area contributed by atoms with Crippen LogP contribution in [0.25, 0.3) is 11.3 Å². The summed E-state index contributed by atoms with van der Waals surface area (Å²) in [6.45, 7) is 9.56. The maximum atomic E-state index is 13.4. The van der Waals surface area contributed by atoms with Crippen molar-refractivity contribution in [2.45, 2.75) is 84.7 Å². The highest BCUT2D eigenvalue weighted by Crippen LogP contribution is 2.67. The summed E-state index contributed by atoms with van der Waals surface area (Å²) in [6, 6.07) is 5.00. The van der Waals surface area contributed by atoms with Gasteiger partial charge in [0, 0.05) is 56.1 Å². The smallest absolute Gasteiger partial charge is 0.345 e. The monoisotopic (exact) mass is 583 g/mol. The molecule has 42 heavy (non-hydrogen) atoms. The van der Waals surface area contributed by atoms with Gasteiger partial charge in [0.1, 0.15) is 41.5 Å². The van der Waals surface area contributed by atoms with Gasteiger partial charge in [0.05, 0.1) is 6.10 Å². The minimum absolute atomic E-state index is 0.0163. The summed E-state index contributed by atoms with van der Waals surface area (Å²) in [5.41, 5.74) is -3.09. The number of fused-ring (bicyclic) bond motifs is 4. The van der Waals surface area contributed by atoms with E-state index in [0.717, 1.165) is 0 Å². The van der Waals surface area contributed by atoms with E-state index in [-0.39, 0.29) is 36.0 Å². The summed E-state index contributed by atoms with van der Waals surface area (Å²) in [5, 5.41) is 12.1. The summed E-state index contributed by atoms with van der Waals surface area (Å²) in [5.74, 6) is -2.25. The molecule has 1 N–H and O–H groups in total. The number of pyridine rings is 1. The molecule has 226 valence electrons. The van der Waals surface area contributed by atoms with Crippen molar-refractivity contribution in [3.8, 4) is 17.1 Å². The summed E-state index contributed by atoms with van der Waals surface area (Å²) in [7, 11) is 0. The molecule has 5 rings (SSSR count). The summed E-state index contributed by atoms with van der Waals surface area (Å²) in [6.07, 6.45) is 1.53. The third-order valence-corrected chi connectivity index (χ3v) is 9.73. The van der Waals surface area contributed by atoms with Crippen LogP contribution in [0.4, 0.5) is 0 Å². The van der Waals surface area contributed by atoms with Crippen LogP contribution in [0, 0.1) is 22.7 Å². The Morgan fingerprint density at radius 1 is 1.07 bits per heavy atom. The van der Waals surface area contributed by atoms with E-state index in [0.29, 0.717) is 18.4 Å². The number of hydrogen-bond acceptors (Lipinski definition) is 11. The zero-order valence-corrected chi connectivity index (χ0v) is 24.7. The summed E-state index contributed by atoms with van der Waals surface area (Å²) < 4.78 is 29.5. The van der Waals surface area contributed by atoms with Crippen LogP contribution >= 0.6 is 0 Å². The molecule has 3 heterocycles. The van der Waals surface area contributed by atoms with Crippen LogP contribution in [0.2, 0.25) is 0 Å². The summed E-state index contributed by atoms with van der Waals surface area (Å²) >= 11 is 0. The van der Waals surface area contributed by atoms with Gasteiger partial charge in [-0.25, -0.2) is 4.79 Å². The number of hydrogen-bond donors (Lipinski definition) is 1. The van der Waals surface area contributed by atoms with E-state index in [1.165, 1.54) is 20.8 Å². The van der Waals surface area contributed by atoms with Crippen LogP contribution in [0.15, 0.2) is 39.8 Å². The Balaban J connectivity index is 1.66. The van der Waals surface area contributed by atoms with Crippen molar-refractivity contribution < 1.29 is 42.9 Å². The molecule has 1 aliphatic heterocycles. The molecule has 0 bridgehead atoms. The fraction of sp³-hybridized carbons (Fsp3) is 0.581. The lowest BCUT2D eigenvalue weighted by atomic mass is 9.42. The largest absolute Gasteiger partial charge is 0.482 e. The van der Waals surface area contributed by atoms with Gasteiger partial charge in [-0.15, -0.1) is 0 Å². The van der Waals surface area contributed by atoms with E-state index >= 15 is 0 Å². The third kappa shape index (κ3) is 4.77. The Hall–Kier alpha value is -3.73. The zero-order chi connectivity index (χ0) is 30.6. The number of aliphatic hydroxyl groups is 1. The highest BCUT2D eigenvalue weighted by Gasteiger charge is 2.70. The van der Waals surface area contributed by atoms with Gasteiger partial charge in [-0.05, 0) is 49.7 Å². The number of esters is 3. The van der Waals surface area contributed by atoms with Crippen LogP contribution in [0.5, 0.6) is 5.75 Å². The van der Waals surface area contributed by atoms with Gasteiger partial charge in [0.15, 0.2) is 0 Å². The van der Waals surface area contributed by atoms with E-state index in [9.17, 15) is 24.3 Å². The molecule has 2 aliphatic carbocycles. The maximum Gasteiger partial charge on any atom is 0.345 e. The number of aliphatic hydroxyl groups excluding tert-OH is 1. The molecule has 8 atom stereocenters. The van der Waals surface area contributed by atoms with Crippen molar-refractivity contribution in [2.24, 2.45) is 22.7 Å². The molecule has 0 aromatic carbocycles. The second kappa shape index (κ2) is 10.5. The predicted molar refractivity (Wildman–Crippen MR) is 147 cm³/mol. The Bertz CT molecular complexity index is 1460. The maximum absolute atomic E-state index is 13.4. The van der Waals surface area contributed by atoms with Crippen molar-refractivity contribution >= 4 is 17.9 Å².